The van der Waals surface area contributed by atoms with Crippen LogP contribution in [0.2, 0.25) is 0 Å². The van der Waals surface area contributed by atoms with Gasteiger partial charge in [-0.2, -0.15) is 0 Å². The fourth-order valence-corrected chi connectivity index (χ4v) is 7.49. The number of carbonyl (C=O) groups excluding carboxylic acids is 2. The Morgan fingerprint density at radius 2 is 0.714 bits per heavy atom. The van der Waals surface area contributed by atoms with Crippen molar-refractivity contribution in [1.29, 1.82) is 0 Å². The molecule has 0 aromatic heterocycles. The van der Waals surface area contributed by atoms with Gasteiger partial charge in [-0.1, -0.05) is 238 Å². The van der Waals surface area contributed by atoms with Crippen molar-refractivity contribution < 1.29 is 23.8 Å². The number of esters is 2. The van der Waals surface area contributed by atoms with Gasteiger partial charge in [0.05, 0.1) is 6.61 Å². The van der Waals surface area contributed by atoms with E-state index in [1.165, 1.54) is 199 Å². The van der Waals surface area contributed by atoms with Gasteiger partial charge in [-0.3, -0.25) is 9.59 Å². The number of ether oxygens (including phenoxy) is 3. The minimum Gasteiger partial charge on any atom is -0.462 e. The normalized spacial score (nSPS) is 12.1. The molecule has 0 radical (unpaired) electrons. The van der Waals surface area contributed by atoms with Crippen molar-refractivity contribution in [2.75, 3.05) is 19.8 Å². The van der Waals surface area contributed by atoms with Gasteiger partial charge in [0.25, 0.3) is 0 Å². The molecule has 0 N–H and O–H groups in total. The second-order valence-corrected chi connectivity index (χ2v) is 17.1. The third kappa shape index (κ3) is 45.3. The largest absolute Gasteiger partial charge is 0.462 e. The summed E-state index contributed by atoms with van der Waals surface area (Å²) >= 11 is 0. The molecule has 5 heteroatoms. The molecule has 0 fully saturated rings. The second kappa shape index (κ2) is 48.0. The van der Waals surface area contributed by atoms with E-state index in [0.29, 0.717) is 26.1 Å². The van der Waals surface area contributed by atoms with E-state index in [2.05, 4.69) is 32.9 Å². The number of hydrogen-bond donors (Lipinski definition) is 0. The number of hydrogen-bond acceptors (Lipinski definition) is 5. The van der Waals surface area contributed by atoms with Crippen molar-refractivity contribution in [3.8, 4) is 0 Å². The van der Waals surface area contributed by atoms with Crippen LogP contribution >= 0.6 is 0 Å². The van der Waals surface area contributed by atoms with Gasteiger partial charge in [-0.15, -0.1) is 0 Å². The third-order valence-corrected chi connectivity index (χ3v) is 11.3. The summed E-state index contributed by atoms with van der Waals surface area (Å²) in [5, 5.41) is 0. The molecule has 0 saturated carbocycles. The molecule has 5 nitrogen and oxygen atoms in total. The van der Waals surface area contributed by atoms with E-state index in [1.807, 2.05) is 0 Å². The maximum Gasteiger partial charge on any atom is 0.306 e. The van der Waals surface area contributed by atoms with Crippen LogP contribution in [0.4, 0.5) is 0 Å². The molecule has 0 rings (SSSR count). The topological polar surface area (TPSA) is 61.8 Å². The Bertz CT molecular complexity index is 810. The predicted molar refractivity (Wildman–Crippen MR) is 242 cm³/mol. The molecule has 0 heterocycles. The van der Waals surface area contributed by atoms with E-state index >= 15 is 0 Å². The van der Waals surface area contributed by atoms with Crippen LogP contribution in [0.1, 0.15) is 278 Å². The zero-order chi connectivity index (χ0) is 40.7. The molecule has 0 aliphatic carbocycles. The highest BCUT2D eigenvalue weighted by atomic mass is 16.6. The van der Waals surface area contributed by atoms with E-state index < -0.39 is 6.10 Å². The van der Waals surface area contributed by atoms with Crippen LogP contribution in [-0.2, 0) is 23.8 Å². The van der Waals surface area contributed by atoms with Crippen molar-refractivity contribution in [3.05, 3.63) is 12.2 Å². The minimum atomic E-state index is -0.529. The van der Waals surface area contributed by atoms with Crippen LogP contribution < -0.4 is 0 Å². The van der Waals surface area contributed by atoms with Crippen LogP contribution in [0.15, 0.2) is 12.2 Å². The van der Waals surface area contributed by atoms with Crippen LogP contribution in [0, 0.1) is 0 Å². The highest BCUT2D eigenvalue weighted by Crippen LogP contribution is 2.16. The maximum atomic E-state index is 12.7. The lowest BCUT2D eigenvalue weighted by Gasteiger charge is -2.18. The van der Waals surface area contributed by atoms with Gasteiger partial charge in [0.2, 0.25) is 0 Å². The zero-order valence-corrected chi connectivity index (χ0v) is 38.2. The van der Waals surface area contributed by atoms with Crippen molar-refractivity contribution in [1.82, 2.24) is 0 Å². The summed E-state index contributed by atoms with van der Waals surface area (Å²) in [4.78, 5) is 25.3. The molecule has 332 valence electrons. The van der Waals surface area contributed by atoms with Gasteiger partial charge >= 0.3 is 11.9 Å². The molecule has 0 amide bonds. The molecule has 0 aliphatic rings. The zero-order valence-electron chi connectivity index (χ0n) is 38.2. The Morgan fingerprint density at radius 3 is 1.14 bits per heavy atom. The predicted octanol–water partition coefficient (Wildman–Crippen LogP) is 16.7. The molecule has 56 heavy (non-hydrogen) atoms. The summed E-state index contributed by atoms with van der Waals surface area (Å²) in [6.45, 7) is 7.84. The molecule has 0 saturated heterocycles. The van der Waals surface area contributed by atoms with Gasteiger partial charge in [0.15, 0.2) is 6.10 Å². The first-order valence-electron chi connectivity index (χ1n) is 25.2. The van der Waals surface area contributed by atoms with E-state index in [4.69, 9.17) is 14.2 Å². The molecule has 0 aliphatic heterocycles. The lowest BCUT2D eigenvalue weighted by Crippen LogP contribution is -2.30. The molecule has 1 atom stereocenters. The number of rotatable bonds is 47. The van der Waals surface area contributed by atoms with Crippen LogP contribution in [-0.4, -0.2) is 37.9 Å². The van der Waals surface area contributed by atoms with Gasteiger partial charge in [0, 0.05) is 19.4 Å². The lowest BCUT2D eigenvalue weighted by molar-refractivity contribution is -0.163. The first-order valence-corrected chi connectivity index (χ1v) is 25.2. The lowest BCUT2D eigenvalue weighted by atomic mass is 10.0. The summed E-state index contributed by atoms with van der Waals surface area (Å²) in [6, 6.07) is 0. The van der Waals surface area contributed by atoms with E-state index in [9.17, 15) is 9.59 Å². The van der Waals surface area contributed by atoms with E-state index in [-0.39, 0.29) is 18.5 Å². The molecule has 1 unspecified atom stereocenters. The fraction of sp³-hybridized carbons (Fsp3) is 0.922. The van der Waals surface area contributed by atoms with Gasteiger partial charge < -0.3 is 14.2 Å². The van der Waals surface area contributed by atoms with Crippen molar-refractivity contribution in [3.63, 3.8) is 0 Å². The van der Waals surface area contributed by atoms with Crippen LogP contribution in [0.3, 0.4) is 0 Å². The fourth-order valence-electron chi connectivity index (χ4n) is 7.49. The Balaban J connectivity index is 4.18. The van der Waals surface area contributed by atoms with Crippen molar-refractivity contribution >= 4 is 11.9 Å². The smallest absolute Gasteiger partial charge is 0.306 e. The number of carbonyl (C=O) groups is 2. The maximum absolute atomic E-state index is 12.7. The molecule has 0 aromatic rings. The van der Waals surface area contributed by atoms with Crippen LogP contribution in [0.25, 0.3) is 0 Å². The van der Waals surface area contributed by atoms with Crippen molar-refractivity contribution in [2.45, 2.75) is 284 Å². The highest BCUT2D eigenvalue weighted by molar-refractivity contribution is 5.70. The quantitative estimate of drug-likeness (QED) is 0.0349. The van der Waals surface area contributed by atoms with E-state index in [1.54, 1.807) is 0 Å². The Morgan fingerprint density at radius 1 is 0.375 bits per heavy atom. The number of unbranched alkanes of at least 4 members (excludes halogenated alkanes) is 34. The molecule has 0 bridgehead atoms. The molecular formula is C51H98O5. The first-order chi connectivity index (χ1) is 27.6. The third-order valence-electron chi connectivity index (χ3n) is 11.3. The summed E-state index contributed by atoms with van der Waals surface area (Å²) in [5.74, 6) is -0.389. The summed E-state index contributed by atoms with van der Waals surface area (Å²) < 4.78 is 17.4. The SMILES string of the molecule is CCCC/C=C\CCCCCCCC(=O)OC(COCCCCCCCCCCCCCCCCCC)COC(=O)CCCCCCCCCCCCCCC. The van der Waals surface area contributed by atoms with Crippen molar-refractivity contribution in [2.24, 2.45) is 0 Å². The summed E-state index contributed by atoms with van der Waals surface area (Å²) in [7, 11) is 0. The van der Waals surface area contributed by atoms with Crippen LogP contribution in [0.5, 0.6) is 0 Å². The standard InChI is InChI=1S/C51H98O5/c1-4-7-10-13-16-19-22-24-25-26-28-31-34-37-40-43-46-54-47-49(56-51(53)45-42-39-36-33-29-21-18-15-12-9-6-3)48-55-50(52)44-41-38-35-32-30-27-23-20-17-14-11-8-5-2/h15,18,49H,4-14,16-17,19-48H2,1-3H3/b18-15-. The number of allylic oxidation sites excluding steroid dienone is 2. The molecule has 0 aromatic carbocycles. The summed E-state index contributed by atoms with van der Waals surface area (Å²) in [5.41, 5.74) is 0. The monoisotopic (exact) mass is 791 g/mol. The molecule has 0 spiro atoms. The Labute approximate surface area is 350 Å². The van der Waals surface area contributed by atoms with Gasteiger partial charge in [0.1, 0.15) is 6.61 Å². The Hall–Kier alpha value is -1.36. The highest BCUT2D eigenvalue weighted by Gasteiger charge is 2.17. The Kier molecular flexibility index (Phi) is 46.8. The second-order valence-electron chi connectivity index (χ2n) is 17.1. The summed E-state index contributed by atoms with van der Waals surface area (Å²) in [6.07, 6.45) is 53.6. The average molecular weight is 791 g/mol. The molecular weight excluding hydrogens is 693 g/mol. The minimum absolute atomic E-state index is 0.0910. The van der Waals surface area contributed by atoms with Gasteiger partial charge in [-0.25, -0.2) is 0 Å². The average Bonchev–Trinajstić information content (AvgIpc) is 3.20. The first kappa shape index (κ1) is 54.6. The van der Waals surface area contributed by atoms with E-state index in [0.717, 1.165) is 44.9 Å². The van der Waals surface area contributed by atoms with Gasteiger partial charge in [-0.05, 0) is 38.5 Å².